The fourth-order valence-corrected chi connectivity index (χ4v) is 3.55. The highest BCUT2D eigenvalue weighted by Crippen LogP contribution is 2.29. The average molecular weight is 422 g/mol. The van der Waals surface area contributed by atoms with E-state index in [1.54, 1.807) is 29.2 Å². The molecule has 162 valence electrons. The summed E-state index contributed by atoms with van der Waals surface area (Å²) in [6, 6.07) is 16.2. The Morgan fingerprint density at radius 3 is 2.42 bits per heavy atom. The van der Waals surface area contributed by atoms with E-state index in [-0.39, 0.29) is 43.2 Å². The zero-order chi connectivity index (χ0) is 22.4. The summed E-state index contributed by atoms with van der Waals surface area (Å²) in [7, 11) is 0. The zero-order valence-electron chi connectivity index (χ0n) is 17.7. The number of likely N-dealkylation sites (tertiary alicyclic amines) is 1. The van der Waals surface area contributed by atoms with Crippen molar-refractivity contribution in [1.29, 1.82) is 0 Å². The summed E-state index contributed by atoms with van der Waals surface area (Å²) in [5, 5.41) is 2.68. The Morgan fingerprint density at radius 2 is 1.77 bits per heavy atom. The molecule has 0 saturated carbocycles. The predicted octanol–water partition coefficient (Wildman–Crippen LogP) is 2.66. The Bertz CT molecular complexity index is 956. The van der Waals surface area contributed by atoms with Crippen LogP contribution in [-0.2, 0) is 25.7 Å². The maximum Gasteiger partial charge on any atom is 0.311 e. The lowest BCUT2D eigenvalue weighted by atomic mass is 10.1. The molecule has 0 aromatic heterocycles. The zero-order valence-corrected chi connectivity index (χ0v) is 17.7. The molecule has 0 bridgehead atoms. The smallest absolute Gasteiger partial charge is 0.311 e. The van der Waals surface area contributed by atoms with Gasteiger partial charge in [-0.3, -0.25) is 19.2 Å². The lowest BCUT2D eigenvalue weighted by Crippen LogP contribution is -2.30. The maximum atomic E-state index is 12.4. The van der Waals surface area contributed by atoms with Crippen molar-refractivity contribution in [2.45, 2.75) is 32.9 Å². The molecule has 2 aromatic carbocycles. The molecule has 0 radical (unpaired) electrons. The molecule has 1 fully saturated rings. The SMILES string of the molecule is CC(=O)NCc1ccc(C(=O)COC(=O)[C@H]2CC(=O)N([C@@H](C)c3ccccc3)C2)cc1. The third-order valence-electron chi connectivity index (χ3n) is 5.40. The summed E-state index contributed by atoms with van der Waals surface area (Å²) in [6.45, 7) is 3.65. The van der Waals surface area contributed by atoms with E-state index in [1.165, 1.54) is 6.92 Å². The highest BCUT2D eigenvalue weighted by molar-refractivity contribution is 5.98. The van der Waals surface area contributed by atoms with Crippen LogP contribution in [0, 0.1) is 5.92 Å². The van der Waals surface area contributed by atoms with E-state index in [9.17, 15) is 19.2 Å². The van der Waals surface area contributed by atoms with Gasteiger partial charge in [-0.05, 0) is 18.1 Å². The number of amides is 2. The van der Waals surface area contributed by atoms with Crippen LogP contribution in [0.4, 0.5) is 0 Å². The first kappa shape index (κ1) is 22.2. The standard InChI is InChI=1S/C24H26N2O5/c1-16(19-6-4-3-5-7-19)26-14-21(12-23(26)29)24(30)31-15-22(28)20-10-8-18(9-11-20)13-25-17(2)27/h3-11,16,21H,12-15H2,1-2H3,(H,25,27)/t16-,21-/m0/s1. The van der Waals surface area contributed by atoms with Gasteiger partial charge < -0.3 is 15.0 Å². The second kappa shape index (κ2) is 10.0. The van der Waals surface area contributed by atoms with E-state index in [1.807, 2.05) is 37.3 Å². The van der Waals surface area contributed by atoms with Gasteiger partial charge in [-0.1, -0.05) is 54.6 Å². The van der Waals surface area contributed by atoms with Crippen molar-refractivity contribution in [1.82, 2.24) is 10.2 Å². The van der Waals surface area contributed by atoms with Gasteiger partial charge in [-0.25, -0.2) is 0 Å². The van der Waals surface area contributed by atoms with Crippen LogP contribution in [0.1, 0.15) is 47.8 Å². The van der Waals surface area contributed by atoms with Gasteiger partial charge in [-0.2, -0.15) is 0 Å². The molecule has 2 aromatic rings. The molecule has 1 heterocycles. The number of hydrogen-bond acceptors (Lipinski definition) is 5. The second-order valence-electron chi connectivity index (χ2n) is 7.67. The summed E-state index contributed by atoms with van der Waals surface area (Å²) >= 11 is 0. The molecule has 7 nitrogen and oxygen atoms in total. The molecule has 7 heteroatoms. The van der Waals surface area contributed by atoms with Crippen molar-refractivity contribution in [2.75, 3.05) is 13.2 Å². The van der Waals surface area contributed by atoms with Crippen LogP contribution >= 0.6 is 0 Å². The van der Waals surface area contributed by atoms with Crippen molar-refractivity contribution in [3.05, 3.63) is 71.3 Å². The van der Waals surface area contributed by atoms with Crippen LogP contribution in [0.5, 0.6) is 0 Å². The Morgan fingerprint density at radius 1 is 1.10 bits per heavy atom. The predicted molar refractivity (Wildman–Crippen MR) is 114 cm³/mol. The normalized spacial score (nSPS) is 16.6. The Hall–Kier alpha value is -3.48. The number of nitrogens with zero attached hydrogens (tertiary/aromatic N) is 1. The molecule has 1 N–H and O–H groups in total. The molecule has 1 aliphatic heterocycles. The molecule has 2 atom stereocenters. The van der Waals surface area contributed by atoms with Crippen molar-refractivity contribution < 1.29 is 23.9 Å². The number of carbonyl (C=O) groups is 4. The number of benzene rings is 2. The largest absolute Gasteiger partial charge is 0.457 e. The monoisotopic (exact) mass is 422 g/mol. The minimum atomic E-state index is -0.577. The number of ether oxygens (including phenoxy) is 1. The first-order chi connectivity index (χ1) is 14.8. The lowest BCUT2D eigenvalue weighted by Gasteiger charge is -2.25. The Labute approximate surface area is 181 Å². The van der Waals surface area contributed by atoms with Crippen molar-refractivity contribution in [2.24, 2.45) is 5.92 Å². The van der Waals surface area contributed by atoms with Crippen molar-refractivity contribution in [3.8, 4) is 0 Å². The highest BCUT2D eigenvalue weighted by atomic mass is 16.5. The molecular formula is C24H26N2O5. The van der Waals surface area contributed by atoms with Crippen LogP contribution in [0.15, 0.2) is 54.6 Å². The van der Waals surface area contributed by atoms with Crippen LogP contribution in [0.25, 0.3) is 0 Å². The number of nitrogens with one attached hydrogen (secondary N) is 1. The van der Waals surface area contributed by atoms with E-state index >= 15 is 0 Å². The van der Waals surface area contributed by atoms with E-state index in [0.29, 0.717) is 12.1 Å². The summed E-state index contributed by atoms with van der Waals surface area (Å²) in [5.41, 5.74) is 2.28. The molecule has 31 heavy (non-hydrogen) atoms. The van der Waals surface area contributed by atoms with Crippen LogP contribution in [0.3, 0.4) is 0 Å². The van der Waals surface area contributed by atoms with Gasteiger partial charge in [0.1, 0.15) is 0 Å². The van der Waals surface area contributed by atoms with Crippen LogP contribution in [0.2, 0.25) is 0 Å². The van der Waals surface area contributed by atoms with Gasteiger partial charge in [0.25, 0.3) is 0 Å². The number of rotatable bonds is 8. The molecule has 0 unspecified atom stereocenters. The third kappa shape index (κ3) is 5.78. The van der Waals surface area contributed by atoms with E-state index in [4.69, 9.17) is 4.74 Å². The molecule has 3 rings (SSSR count). The number of esters is 1. The number of carbonyl (C=O) groups excluding carboxylic acids is 4. The molecular weight excluding hydrogens is 396 g/mol. The van der Waals surface area contributed by atoms with E-state index in [0.717, 1.165) is 11.1 Å². The lowest BCUT2D eigenvalue weighted by molar-refractivity contribution is -0.147. The van der Waals surface area contributed by atoms with Gasteiger partial charge >= 0.3 is 5.97 Å². The van der Waals surface area contributed by atoms with Gasteiger partial charge in [0, 0.05) is 32.0 Å². The second-order valence-corrected chi connectivity index (χ2v) is 7.67. The summed E-state index contributed by atoms with van der Waals surface area (Å²) in [4.78, 5) is 49.8. The molecule has 0 spiro atoms. The van der Waals surface area contributed by atoms with Gasteiger partial charge in [0.15, 0.2) is 12.4 Å². The van der Waals surface area contributed by atoms with Crippen LogP contribution in [-0.4, -0.2) is 41.6 Å². The fourth-order valence-electron chi connectivity index (χ4n) is 3.55. The molecule has 1 saturated heterocycles. The summed E-state index contributed by atoms with van der Waals surface area (Å²) in [5.74, 6) is -1.66. The number of ketones is 1. The summed E-state index contributed by atoms with van der Waals surface area (Å²) in [6.07, 6.45) is 0.0854. The topological polar surface area (TPSA) is 92.8 Å². The molecule has 1 aliphatic rings. The quantitative estimate of drug-likeness (QED) is 0.522. The van der Waals surface area contributed by atoms with Gasteiger partial charge in [0.05, 0.1) is 12.0 Å². The van der Waals surface area contributed by atoms with Gasteiger partial charge in [-0.15, -0.1) is 0 Å². The highest BCUT2D eigenvalue weighted by Gasteiger charge is 2.38. The minimum Gasteiger partial charge on any atom is -0.457 e. The Balaban J connectivity index is 1.51. The average Bonchev–Trinajstić information content (AvgIpc) is 3.17. The minimum absolute atomic E-state index is 0.0854. The first-order valence-electron chi connectivity index (χ1n) is 10.2. The van der Waals surface area contributed by atoms with Crippen molar-refractivity contribution >= 4 is 23.6 Å². The van der Waals surface area contributed by atoms with Gasteiger partial charge in [0.2, 0.25) is 11.8 Å². The summed E-state index contributed by atoms with van der Waals surface area (Å²) < 4.78 is 5.21. The Kier molecular flexibility index (Phi) is 7.18. The van der Waals surface area contributed by atoms with E-state index < -0.39 is 11.9 Å². The maximum absolute atomic E-state index is 12.4. The first-order valence-corrected chi connectivity index (χ1v) is 10.2. The molecule has 0 aliphatic carbocycles. The van der Waals surface area contributed by atoms with Crippen molar-refractivity contribution in [3.63, 3.8) is 0 Å². The molecule has 2 amide bonds. The van der Waals surface area contributed by atoms with Crippen LogP contribution < -0.4 is 5.32 Å². The third-order valence-corrected chi connectivity index (χ3v) is 5.40. The fraction of sp³-hybridized carbons (Fsp3) is 0.333. The number of Topliss-reactive ketones (excluding diaryl/α,β-unsaturated/α-hetero) is 1. The number of hydrogen-bond donors (Lipinski definition) is 1. The van der Waals surface area contributed by atoms with E-state index in [2.05, 4.69) is 5.32 Å².